The molecule has 24 heavy (non-hydrogen) atoms. The van der Waals surface area contributed by atoms with Crippen LogP contribution in [0.4, 0.5) is 0 Å². The number of amides is 1. The van der Waals surface area contributed by atoms with Gasteiger partial charge in [0.25, 0.3) is 5.91 Å². The molecule has 1 N–H and O–H groups in total. The van der Waals surface area contributed by atoms with E-state index in [1.165, 1.54) is 21.3 Å². The first-order valence-electron chi connectivity index (χ1n) is 7.34. The van der Waals surface area contributed by atoms with E-state index >= 15 is 0 Å². The van der Waals surface area contributed by atoms with E-state index in [4.69, 9.17) is 14.2 Å². The van der Waals surface area contributed by atoms with E-state index in [0.717, 1.165) is 16.7 Å². The van der Waals surface area contributed by atoms with Crippen molar-refractivity contribution in [1.82, 2.24) is 15.1 Å². The Labute approximate surface area is 149 Å². The van der Waals surface area contributed by atoms with Crippen LogP contribution in [0, 0.1) is 0 Å². The second-order valence-electron chi connectivity index (χ2n) is 4.82. The van der Waals surface area contributed by atoms with Crippen LogP contribution in [-0.4, -0.2) is 37.0 Å². The van der Waals surface area contributed by atoms with Crippen molar-refractivity contribution in [2.24, 2.45) is 0 Å². The number of carbonyl (C=O) groups excluding carboxylic acids is 1. The van der Waals surface area contributed by atoms with Crippen molar-refractivity contribution >= 4 is 21.8 Å². The van der Waals surface area contributed by atoms with Gasteiger partial charge in [0.2, 0.25) is 5.75 Å². The number of nitrogens with one attached hydrogen (secondary N) is 1. The van der Waals surface area contributed by atoms with Crippen LogP contribution in [0.2, 0.25) is 0 Å². The second-order valence-corrected chi connectivity index (χ2v) is 5.67. The number of halogens is 1. The quantitative estimate of drug-likeness (QED) is 0.776. The Bertz CT molecular complexity index is 730. The number of aryl methyl sites for hydroxylation is 1. The van der Waals surface area contributed by atoms with Gasteiger partial charge in [-0.2, -0.15) is 5.10 Å². The summed E-state index contributed by atoms with van der Waals surface area (Å²) in [4.78, 5) is 12.6. The summed E-state index contributed by atoms with van der Waals surface area (Å²) >= 11 is 3.44. The molecule has 130 valence electrons. The lowest BCUT2D eigenvalue weighted by molar-refractivity contribution is 0.0946. The minimum absolute atomic E-state index is 0.274. The third-order valence-corrected chi connectivity index (χ3v) is 4.22. The first-order chi connectivity index (χ1) is 11.6. The van der Waals surface area contributed by atoms with E-state index in [-0.39, 0.29) is 5.91 Å². The Morgan fingerprint density at radius 1 is 1.21 bits per heavy atom. The molecule has 1 aromatic carbocycles. The van der Waals surface area contributed by atoms with E-state index in [2.05, 4.69) is 26.3 Å². The van der Waals surface area contributed by atoms with Gasteiger partial charge in [0, 0.05) is 6.54 Å². The number of hydrogen-bond acceptors (Lipinski definition) is 5. The van der Waals surface area contributed by atoms with E-state index in [1.807, 2.05) is 11.6 Å². The van der Waals surface area contributed by atoms with Gasteiger partial charge < -0.3 is 19.5 Å². The second kappa shape index (κ2) is 8.05. The zero-order valence-corrected chi connectivity index (χ0v) is 15.6. The molecule has 1 amide bonds. The van der Waals surface area contributed by atoms with Crippen LogP contribution in [0.5, 0.6) is 17.2 Å². The molecule has 0 radical (unpaired) electrons. The maximum atomic E-state index is 12.6. The highest BCUT2D eigenvalue weighted by atomic mass is 79.9. The van der Waals surface area contributed by atoms with Crippen LogP contribution in [0.25, 0.3) is 0 Å². The number of rotatable bonds is 7. The monoisotopic (exact) mass is 397 g/mol. The minimum Gasteiger partial charge on any atom is -0.493 e. The van der Waals surface area contributed by atoms with E-state index in [0.29, 0.717) is 29.4 Å². The van der Waals surface area contributed by atoms with Gasteiger partial charge in [0.1, 0.15) is 0 Å². The standard InChI is InChI=1S/C16H20BrN3O4/c1-5-20-12(11(17)8-19-20)9-18-16(21)10-6-7-13(22-2)15(24-4)14(10)23-3/h6-8H,5,9H2,1-4H3,(H,18,21). The first kappa shape index (κ1) is 18.1. The molecule has 0 aliphatic heterocycles. The van der Waals surface area contributed by atoms with Crippen molar-refractivity contribution in [2.75, 3.05) is 21.3 Å². The predicted octanol–water partition coefficient (Wildman–Crippen LogP) is 2.62. The number of carbonyl (C=O) groups is 1. The molecule has 2 aromatic rings. The molecule has 0 aliphatic carbocycles. The van der Waals surface area contributed by atoms with Crippen molar-refractivity contribution in [3.05, 3.63) is 34.1 Å². The number of hydrogen-bond donors (Lipinski definition) is 1. The van der Waals surface area contributed by atoms with Crippen LogP contribution >= 0.6 is 15.9 Å². The van der Waals surface area contributed by atoms with Crippen LogP contribution < -0.4 is 19.5 Å². The lowest BCUT2D eigenvalue weighted by Crippen LogP contribution is -2.25. The minimum atomic E-state index is -0.274. The highest BCUT2D eigenvalue weighted by Crippen LogP contribution is 2.39. The largest absolute Gasteiger partial charge is 0.493 e. The fraction of sp³-hybridized carbons (Fsp3) is 0.375. The van der Waals surface area contributed by atoms with Gasteiger partial charge in [-0.15, -0.1) is 0 Å². The Hall–Kier alpha value is -2.22. The Balaban J connectivity index is 2.25. The molecular formula is C16H20BrN3O4. The lowest BCUT2D eigenvalue weighted by Gasteiger charge is -2.15. The van der Waals surface area contributed by atoms with Crippen LogP contribution in [-0.2, 0) is 13.1 Å². The molecule has 8 heteroatoms. The summed E-state index contributed by atoms with van der Waals surface area (Å²) in [5.74, 6) is 0.936. The van der Waals surface area contributed by atoms with Crippen molar-refractivity contribution in [3.63, 3.8) is 0 Å². The van der Waals surface area contributed by atoms with Crippen LogP contribution in [0.15, 0.2) is 22.8 Å². The number of aromatic nitrogens is 2. The van der Waals surface area contributed by atoms with Gasteiger partial charge in [-0.25, -0.2) is 0 Å². The van der Waals surface area contributed by atoms with Gasteiger partial charge in [-0.1, -0.05) is 0 Å². The Morgan fingerprint density at radius 3 is 2.50 bits per heavy atom. The SMILES string of the molecule is CCn1ncc(Br)c1CNC(=O)c1ccc(OC)c(OC)c1OC. The summed E-state index contributed by atoms with van der Waals surface area (Å²) in [5, 5.41) is 7.10. The molecule has 0 saturated carbocycles. The molecule has 2 rings (SSSR count). The molecular weight excluding hydrogens is 378 g/mol. The smallest absolute Gasteiger partial charge is 0.255 e. The molecule has 0 atom stereocenters. The zero-order valence-electron chi connectivity index (χ0n) is 14.1. The molecule has 0 fully saturated rings. The average molecular weight is 398 g/mol. The highest BCUT2D eigenvalue weighted by Gasteiger charge is 2.21. The molecule has 0 saturated heterocycles. The Morgan fingerprint density at radius 2 is 1.92 bits per heavy atom. The summed E-state index contributed by atoms with van der Waals surface area (Å²) < 4.78 is 18.5. The van der Waals surface area contributed by atoms with E-state index in [9.17, 15) is 4.79 Å². The normalized spacial score (nSPS) is 10.4. The van der Waals surface area contributed by atoms with Gasteiger partial charge in [0.15, 0.2) is 11.5 Å². The number of benzene rings is 1. The Kier molecular flexibility index (Phi) is 6.08. The van der Waals surface area contributed by atoms with Crippen LogP contribution in [0.1, 0.15) is 23.0 Å². The molecule has 0 bridgehead atoms. The summed E-state index contributed by atoms with van der Waals surface area (Å²) in [5.41, 5.74) is 1.26. The zero-order chi connectivity index (χ0) is 17.7. The van der Waals surface area contributed by atoms with E-state index < -0.39 is 0 Å². The summed E-state index contributed by atoms with van der Waals surface area (Å²) in [7, 11) is 4.51. The summed E-state index contributed by atoms with van der Waals surface area (Å²) in [6, 6.07) is 3.31. The molecule has 0 aliphatic rings. The summed E-state index contributed by atoms with van der Waals surface area (Å²) in [6.45, 7) is 3.05. The fourth-order valence-corrected chi connectivity index (χ4v) is 2.81. The first-order valence-corrected chi connectivity index (χ1v) is 8.13. The summed E-state index contributed by atoms with van der Waals surface area (Å²) in [6.07, 6.45) is 1.71. The van der Waals surface area contributed by atoms with Crippen molar-refractivity contribution in [2.45, 2.75) is 20.0 Å². The predicted molar refractivity (Wildman–Crippen MR) is 92.9 cm³/mol. The average Bonchev–Trinajstić information content (AvgIpc) is 2.97. The molecule has 7 nitrogen and oxygen atoms in total. The molecule has 0 unspecified atom stereocenters. The highest BCUT2D eigenvalue weighted by molar-refractivity contribution is 9.10. The maximum Gasteiger partial charge on any atom is 0.255 e. The topological polar surface area (TPSA) is 74.6 Å². The third kappa shape index (κ3) is 3.48. The lowest BCUT2D eigenvalue weighted by atomic mass is 10.1. The maximum absolute atomic E-state index is 12.6. The number of ether oxygens (including phenoxy) is 3. The van der Waals surface area contributed by atoms with Crippen LogP contribution in [0.3, 0.4) is 0 Å². The van der Waals surface area contributed by atoms with Gasteiger partial charge in [-0.05, 0) is 35.0 Å². The third-order valence-electron chi connectivity index (χ3n) is 3.56. The van der Waals surface area contributed by atoms with Gasteiger partial charge in [-0.3, -0.25) is 9.48 Å². The van der Waals surface area contributed by atoms with Gasteiger partial charge in [0.05, 0.1) is 49.8 Å². The number of nitrogens with zero attached hydrogens (tertiary/aromatic N) is 2. The molecule has 1 heterocycles. The molecule has 0 spiro atoms. The number of methoxy groups -OCH3 is 3. The van der Waals surface area contributed by atoms with Gasteiger partial charge >= 0.3 is 0 Å². The van der Waals surface area contributed by atoms with Crippen molar-refractivity contribution < 1.29 is 19.0 Å². The van der Waals surface area contributed by atoms with Crippen molar-refractivity contribution in [1.29, 1.82) is 0 Å². The molecule has 1 aromatic heterocycles. The van der Waals surface area contributed by atoms with Crippen molar-refractivity contribution in [3.8, 4) is 17.2 Å². The fourth-order valence-electron chi connectivity index (χ4n) is 2.38. The van der Waals surface area contributed by atoms with E-state index in [1.54, 1.807) is 18.3 Å².